The van der Waals surface area contributed by atoms with Gasteiger partial charge in [-0.25, -0.2) is 0 Å². The molecule has 0 N–H and O–H groups in total. The fraction of sp³-hybridized carbons (Fsp3) is 0.364. The van der Waals surface area contributed by atoms with Crippen LogP contribution in [-0.2, 0) is 4.79 Å². The summed E-state index contributed by atoms with van der Waals surface area (Å²) in [5, 5.41) is 7.55. The SMILES string of the molecule is CC(C)(CN=Nc1ccccc1)C(=O)Cl. The largest absolute Gasteiger partial charge is 0.281 e. The minimum absolute atomic E-state index is 0.296. The summed E-state index contributed by atoms with van der Waals surface area (Å²) in [5.41, 5.74) is 0.121. The molecule has 1 rings (SSSR count). The van der Waals surface area contributed by atoms with Gasteiger partial charge in [-0.1, -0.05) is 18.2 Å². The lowest BCUT2D eigenvalue weighted by atomic mass is 9.96. The molecule has 0 atom stereocenters. The number of carbonyl (C=O) groups is 1. The van der Waals surface area contributed by atoms with Gasteiger partial charge >= 0.3 is 0 Å². The molecule has 80 valence electrons. The first-order valence-corrected chi connectivity index (χ1v) is 5.03. The molecule has 0 amide bonds. The smallest absolute Gasteiger partial charge is 0.229 e. The number of hydrogen-bond acceptors (Lipinski definition) is 3. The molecule has 0 fully saturated rings. The van der Waals surface area contributed by atoms with Crippen molar-refractivity contribution >= 4 is 22.5 Å². The van der Waals surface area contributed by atoms with Gasteiger partial charge in [-0.3, -0.25) is 4.79 Å². The normalized spacial score (nSPS) is 11.9. The lowest BCUT2D eigenvalue weighted by Crippen LogP contribution is -2.22. The molecule has 4 heteroatoms. The van der Waals surface area contributed by atoms with Crippen molar-refractivity contribution in [2.75, 3.05) is 6.54 Å². The van der Waals surface area contributed by atoms with Crippen LogP contribution in [0.2, 0.25) is 0 Å². The highest BCUT2D eigenvalue weighted by Crippen LogP contribution is 2.20. The van der Waals surface area contributed by atoms with Crippen molar-refractivity contribution in [2.45, 2.75) is 13.8 Å². The van der Waals surface area contributed by atoms with Crippen LogP contribution in [0, 0.1) is 5.41 Å². The molecule has 0 aliphatic heterocycles. The summed E-state index contributed by atoms with van der Waals surface area (Å²) in [6, 6.07) is 9.36. The Balaban J connectivity index is 2.58. The Morgan fingerprint density at radius 1 is 1.33 bits per heavy atom. The van der Waals surface area contributed by atoms with Crippen LogP contribution >= 0.6 is 11.6 Å². The zero-order valence-electron chi connectivity index (χ0n) is 8.77. The van der Waals surface area contributed by atoms with E-state index >= 15 is 0 Å². The summed E-state index contributed by atoms with van der Waals surface area (Å²) in [6.07, 6.45) is 0. The van der Waals surface area contributed by atoms with E-state index in [1.807, 2.05) is 30.3 Å². The predicted molar refractivity (Wildman–Crippen MR) is 60.5 cm³/mol. The fourth-order valence-electron chi connectivity index (χ4n) is 0.851. The summed E-state index contributed by atoms with van der Waals surface area (Å²) in [4.78, 5) is 11.0. The Kier molecular flexibility index (Phi) is 3.97. The van der Waals surface area contributed by atoms with E-state index < -0.39 is 10.7 Å². The maximum Gasteiger partial charge on any atom is 0.229 e. The summed E-state index contributed by atoms with van der Waals surface area (Å²) in [5.74, 6) is 0. The number of rotatable bonds is 4. The van der Waals surface area contributed by atoms with Crippen LogP contribution in [0.5, 0.6) is 0 Å². The maximum absolute atomic E-state index is 11.0. The van der Waals surface area contributed by atoms with E-state index in [0.29, 0.717) is 6.54 Å². The van der Waals surface area contributed by atoms with Crippen molar-refractivity contribution in [3.63, 3.8) is 0 Å². The molecule has 0 heterocycles. The number of azo groups is 1. The molecule has 0 saturated heterocycles. The summed E-state index contributed by atoms with van der Waals surface area (Å²) in [7, 11) is 0. The highest BCUT2D eigenvalue weighted by Gasteiger charge is 2.25. The third kappa shape index (κ3) is 3.80. The second kappa shape index (κ2) is 5.03. The molecule has 0 radical (unpaired) electrons. The third-order valence-electron chi connectivity index (χ3n) is 1.94. The van der Waals surface area contributed by atoms with Gasteiger partial charge in [0.15, 0.2) is 0 Å². The Bertz CT molecular complexity index is 360. The zero-order chi connectivity index (χ0) is 11.3. The molecule has 15 heavy (non-hydrogen) atoms. The van der Waals surface area contributed by atoms with Crippen LogP contribution in [0.4, 0.5) is 5.69 Å². The molecule has 0 aliphatic carbocycles. The Hall–Kier alpha value is -1.22. The average Bonchev–Trinajstić information content (AvgIpc) is 2.19. The zero-order valence-corrected chi connectivity index (χ0v) is 9.53. The van der Waals surface area contributed by atoms with Gasteiger partial charge in [0.25, 0.3) is 0 Å². The van der Waals surface area contributed by atoms with E-state index in [1.165, 1.54) is 0 Å². The van der Waals surface area contributed by atoms with Crippen LogP contribution < -0.4 is 0 Å². The molecule has 1 aromatic rings. The van der Waals surface area contributed by atoms with Gasteiger partial charge < -0.3 is 0 Å². The Labute approximate surface area is 94.2 Å². The third-order valence-corrected chi connectivity index (χ3v) is 2.45. The highest BCUT2D eigenvalue weighted by atomic mass is 35.5. The quantitative estimate of drug-likeness (QED) is 0.570. The second-order valence-corrected chi connectivity index (χ2v) is 4.24. The molecule has 0 spiro atoms. The van der Waals surface area contributed by atoms with Crippen molar-refractivity contribution in [3.05, 3.63) is 30.3 Å². The molecule has 0 unspecified atom stereocenters. The van der Waals surface area contributed by atoms with E-state index in [1.54, 1.807) is 13.8 Å². The maximum atomic E-state index is 11.0. The van der Waals surface area contributed by atoms with Crippen molar-refractivity contribution in [1.82, 2.24) is 0 Å². The number of hydrogen-bond donors (Lipinski definition) is 0. The number of carbonyl (C=O) groups excluding carboxylic acids is 1. The van der Waals surface area contributed by atoms with E-state index in [4.69, 9.17) is 11.6 Å². The molecule has 0 aliphatic rings. The second-order valence-electron chi connectivity index (χ2n) is 3.89. The monoisotopic (exact) mass is 224 g/mol. The summed E-state index contributed by atoms with van der Waals surface area (Å²) >= 11 is 5.41. The fourth-order valence-corrected chi connectivity index (χ4v) is 0.910. The van der Waals surface area contributed by atoms with E-state index in [-0.39, 0.29) is 0 Å². The van der Waals surface area contributed by atoms with Crippen LogP contribution in [0.3, 0.4) is 0 Å². The number of halogens is 1. The van der Waals surface area contributed by atoms with Crippen molar-refractivity contribution in [1.29, 1.82) is 0 Å². The first-order chi connectivity index (χ1) is 7.02. The highest BCUT2D eigenvalue weighted by molar-refractivity contribution is 6.64. The Morgan fingerprint density at radius 2 is 1.93 bits per heavy atom. The average molecular weight is 225 g/mol. The number of nitrogens with zero attached hydrogens (tertiary/aromatic N) is 2. The van der Waals surface area contributed by atoms with Gasteiger partial charge in [0.1, 0.15) is 0 Å². The van der Waals surface area contributed by atoms with Gasteiger partial charge in [0.05, 0.1) is 17.6 Å². The van der Waals surface area contributed by atoms with E-state index in [2.05, 4.69) is 10.2 Å². The minimum atomic E-state index is -0.653. The molecule has 0 bridgehead atoms. The van der Waals surface area contributed by atoms with Crippen molar-refractivity contribution < 1.29 is 4.79 Å². The van der Waals surface area contributed by atoms with Gasteiger partial charge in [-0.15, -0.1) is 0 Å². The van der Waals surface area contributed by atoms with Crippen LogP contribution in [0.15, 0.2) is 40.6 Å². The summed E-state index contributed by atoms with van der Waals surface area (Å²) < 4.78 is 0. The van der Waals surface area contributed by atoms with Crippen molar-refractivity contribution in [3.8, 4) is 0 Å². The first-order valence-electron chi connectivity index (χ1n) is 4.65. The standard InChI is InChI=1S/C11H13ClN2O/c1-11(2,10(12)15)8-13-14-9-6-4-3-5-7-9/h3-7H,8H2,1-2H3. The van der Waals surface area contributed by atoms with Gasteiger partial charge in [0, 0.05) is 0 Å². The van der Waals surface area contributed by atoms with E-state index in [9.17, 15) is 4.79 Å². The van der Waals surface area contributed by atoms with Gasteiger partial charge in [-0.2, -0.15) is 10.2 Å². The molecular weight excluding hydrogens is 212 g/mol. The molecule has 3 nitrogen and oxygen atoms in total. The van der Waals surface area contributed by atoms with Gasteiger partial charge in [0.2, 0.25) is 5.24 Å². The number of benzene rings is 1. The van der Waals surface area contributed by atoms with Crippen LogP contribution in [-0.4, -0.2) is 11.8 Å². The first kappa shape index (κ1) is 11.9. The molecule has 1 aromatic carbocycles. The van der Waals surface area contributed by atoms with Crippen LogP contribution in [0.1, 0.15) is 13.8 Å². The molecule has 0 aromatic heterocycles. The lowest BCUT2D eigenvalue weighted by molar-refractivity contribution is -0.118. The van der Waals surface area contributed by atoms with Gasteiger partial charge in [-0.05, 0) is 37.6 Å². The van der Waals surface area contributed by atoms with E-state index in [0.717, 1.165) is 5.69 Å². The summed E-state index contributed by atoms with van der Waals surface area (Å²) in [6.45, 7) is 3.78. The van der Waals surface area contributed by atoms with Crippen LogP contribution in [0.25, 0.3) is 0 Å². The molecular formula is C11H13ClN2O. The van der Waals surface area contributed by atoms with Crippen molar-refractivity contribution in [2.24, 2.45) is 15.6 Å². The predicted octanol–water partition coefficient (Wildman–Crippen LogP) is 3.56. The topological polar surface area (TPSA) is 41.8 Å². The lowest BCUT2D eigenvalue weighted by Gasteiger charge is -2.14. The minimum Gasteiger partial charge on any atom is -0.281 e. The Morgan fingerprint density at radius 3 is 2.47 bits per heavy atom. The molecule has 0 saturated carbocycles.